The first-order valence-corrected chi connectivity index (χ1v) is 4.18. The molecule has 0 radical (unpaired) electrons. The summed E-state index contributed by atoms with van der Waals surface area (Å²) in [5.41, 5.74) is 0.767. The van der Waals surface area contributed by atoms with E-state index in [1.165, 1.54) is 0 Å². The maximum Gasteiger partial charge on any atom is 0.115 e. The maximum absolute atomic E-state index is 8.82. The molecular weight excluding hydrogens is 197 g/mol. The van der Waals surface area contributed by atoms with Gasteiger partial charge in [0.1, 0.15) is 6.73 Å². The van der Waals surface area contributed by atoms with Crippen molar-refractivity contribution in [3.63, 3.8) is 0 Å². The molecule has 0 aromatic heterocycles. The molecule has 0 fully saturated rings. The van der Waals surface area contributed by atoms with Crippen LogP contribution in [0.1, 0.15) is 0 Å². The Balaban J connectivity index is 3.01. The minimum absolute atomic E-state index is 0.0681. The molecule has 1 rings (SSSR count). The van der Waals surface area contributed by atoms with Crippen LogP contribution in [0.2, 0.25) is 10.0 Å². The Morgan fingerprint density at radius 3 is 2.58 bits per heavy atom. The van der Waals surface area contributed by atoms with Crippen molar-refractivity contribution in [1.82, 2.24) is 0 Å². The highest BCUT2D eigenvalue weighted by Gasteiger charge is 2.04. The van der Waals surface area contributed by atoms with Gasteiger partial charge in [-0.15, -0.1) is 0 Å². The van der Waals surface area contributed by atoms with E-state index in [-0.39, 0.29) is 6.73 Å². The average Bonchev–Trinajstić information content (AvgIpc) is 2.03. The van der Waals surface area contributed by atoms with Gasteiger partial charge in [0.25, 0.3) is 0 Å². The van der Waals surface area contributed by atoms with E-state index in [2.05, 4.69) is 0 Å². The quantitative estimate of drug-likeness (QED) is 0.751. The van der Waals surface area contributed by atoms with Crippen molar-refractivity contribution in [2.75, 3.05) is 18.7 Å². The lowest BCUT2D eigenvalue weighted by molar-refractivity contribution is 0.298. The molecule has 0 saturated carbocycles. The zero-order valence-electron chi connectivity index (χ0n) is 6.59. The fourth-order valence-electron chi connectivity index (χ4n) is 0.867. The Hall–Kier alpha value is -0.440. The van der Waals surface area contributed by atoms with Crippen molar-refractivity contribution in [3.8, 4) is 0 Å². The fourth-order valence-corrected chi connectivity index (χ4v) is 1.42. The molecule has 0 atom stereocenters. The summed E-state index contributed by atoms with van der Waals surface area (Å²) < 4.78 is 0. The summed E-state index contributed by atoms with van der Waals surface area (Å²) in [6.45, 7) is -0.0681. The normalized spacial score (nSPS) is 10.0. The SMILES string of the molecule is CN(CO)c1ccc(Cl)cc1Cl. The van der Waals surface area contributed by atoms with Crippen LogP contribution >= 0.6 is 23.2 Å². The van der Waals surface area contributed by atoms with Crippen molar-refractivity contribution in [3.05, 3.63) is 28.2 Å². The average molecular weight is 206 g/mol. The van der Waals surface area contributed by atoms with Gasteiger partial charge in [-0.3, -0.25) is 0 Å². The molecule has 4 heteroatoms. The number of rotatable bonds is 2. The molecule has 1 N–H and O–H groups in total. The number of halogens is 2. The first-order valence-electron chi connectivity index (χ1n) is 3.42. The van der Waals surface area contributed by atoms with E-state index in [0.717, 1.165) is 5.69 Å². The van der Waals surface area contributed by atoms with E-state index in [1.807, 2.05) is 0 Å². The maximum atomic E-state index is 8.82. The summed E-state index contributed by atoms with van der Waals surface area (Å²) in [5, 5.41) is 9.95. The molecule has 0 amide bonds. The smallest absolute Gasteiger partial charge is 0.115 e. The van der Waals surface area contributed by atoms with Crippen LogP contribution in [0.15, 0.2) is 18.2 Å². The third-order valence-electron chi connectivity index (χ3n) is 1.53. The van der Waals surface area contributed by atoms with Crippen LogP contribution in [0.3, 0.4) is 0 Å². The molecular formula is C8H9Cl2NO. The van der Waals surface area contributed by atoms with E-state index >= 15 is 0 Å². The highest BCUT2D eigenvalue weighted by atomic mass is 35.5. The van der Waals surface area contributed by atoms with Gasteiger partial charge < -0.3 is 10.0 Å². The van der Waals surface area contributed by atoms with Crippen molar-refractivity contribution >= 4 is 28.9 Å². The molecule has 1 aromatic rings. The van der Waals surface area contributed by atoms with Crippen LogP contribution in [-0.2, 0) is 0 Å². The van der Waals surface area contributed by atoms with Crippen LogP contribution in [-0.4, -0.2) is 18.9 Å². The summed E-state index contributed by atoms with van der Waals surface area (Å²) in [4.78, 5) is 1.62. The van der Waals surface area contributed by atoms with Crippen molar-refractivity contribution in [2.45, 2.75) is 0 Å². The summed E-state index contributed by atoms with van der Waals surface area (Å²) in [6.07, 6.45) is 0. The molecule has 0 heterocycles. The summed E-state index contributed by atoms with van der Waals surface area (Å²) in [7, 11) is 1.75. The molecule has 66 valence electrons. The van der Waals surface area contributed by atoms with Gasteiger partial charge in [0.15, 0.2) is 0 Å². The summed E-state index contributed by atoms with van der Waals surface area (Å²) >= 11 is 11.6. The van der Waals surface area contributed by atoms with E-state index in [4.69, 9.17) is 28.3 Å². The number of benzene rings is 1. The molecule has 0 aliphatic rings. The minimum Gasteiger partial charge on any atom is -0.376 e. The van der Waals surface area contributed by atoms with Crippen LogP contribution in [0.4, 0.5) is 5.69 Å². The third kappa shape index (κ3) is 2.03. The van der Waals surface area contributed by atoms with Gasteiger partial charge in [0.05, 0.1) is 10.7 Å². The fraction of sp³-hybridized carbons (Fsp3) is 0.250. The first-order chi connectivity index (χ1) is 5.65. The van der Waals surface area contributed by atoms with Gasteiger partial charge in [0.2, 0.25) is 0 Å². The predicted octanol–water partition coefficient (Wildman–Crippen LogP) is 2.38. The second-order valence-electron chi connectivity index (χ2n) is 2.44. The first kappa shape index (κ1) is 9.65. The van der Waals surface area contributed by atoms with Gasteiger partial charge in [-0.1, -0.05) is 23.2 Å². The zero-order chi connectivity index (χ0) is 9.14. The lowest BCUT2D eigenvalue weighted by Crippen LogP contribution is -2.17. The molecule has 2 nitrogen and oxygen atoms in total. The number of aliphatic hydroxyl groups excluding tert-OH is 1. The third-order valence-corrected chi connectivity index (χ3v) is 2.07. The monoisotopic (exact) mass is 205 g/mol. The van der Waals surface area contributed by atoms with Gasteiger partial charge in [-0.05, 0) is 18.2 Å². The van der Waals surface area contributed by atoms with E-state index in [0.29, 0.717) is 10.0 Å². The van der Waals surface area contributed by atoms with E-state index < -0.39 is 0 Å². The lowest BCUT2D eigenvalue weighted by Gasteiger charge is -2.16. The number of hydrogen-bond acceptors (Lipinski definition) is 2. The summed E-state index contributed by atoms with van der Waals surface area (Å²) in [6, 6.07) is 5.14. The molecule has 0 aliphatic heterocycles. The predicted molar refractivity (Wildman–Crippen MR) is 52.0 cm³/mol. The van der Waals surface area contributed by atoms with Crippen molar-refractivity contribution in [2.24, 2.45) is 0 Å². The second-order valence-corrected chi connectivity index (χ2v) is 3.28. The number of nitrogens with zero attached hydrogens (tertiary/aromatic N) is 1. The standard InChI is InChI=1S/C8H9Cl2NO/c1-11(5-12)8-3-2-6(9)4-7(8)10/h2-4,12H,5H2,1H3. The van der Waals surface area contributed by atoms with Gasteiger partial charge in [0, 0.05) is 12.1 Å². The molecule has 12 heavy (non-hydrogen) atoms. The van der Waals surface area contributed by atoms with E-state index in [9.17, 15) is 0 Å². The molecule has 0 bridgehead atoms. The Labute approximate surface area is 81.3 Å². The van der Waals surface area contributed by atoms with E-state index in [1.54, 1.807) is 30.1 Å². The highest BCUT2D eigenvalue weighted by molar-refractivity contribution is 6.36. The second kappa shape index (κ2) is 3.99. The lowest BCUT2D eigenvalue weighted by atomic mass is 10.3. The van der Waals surface area contributed by atoms with Crippen LogP contribution in [0, 0.1) is 0 Å². The number of hydrogen-bond donors (Lipinski definition) is 1. The van der Waals surface area contributed by atoms with Crippen LogP contribution < -0.4 is 4.90 Å². The number of anilines is 1. The van der Waals surface area contributed by atoms with Gasteiger partial charge >= 0.3 is 0 Å². The van der Waals surface area contributed by atoms with Crippen molar-refractivity contribution < 1.29 is 5.11 Å². The Bertz CT molecular complexity index is 278. The van der Waals surface area contributed by atoms with Crippen molar-refractivity contribution in [1.29, 1.82) is 0 Å². The zero-order valence-corrected chi connectivity index (χ0v) is 8.10. The van der Waals surface area contributed by atoms with Crippen LogP contribution in [0.5, 0.6) is 0 Å². The summed E-state index contributed by atoms with van der Waals surface area (Å²) in [5.74, 6) is 0. The molecule has 0 unspecified atom stereocenters. The molecule has 0 saturated heterocycles. The topological polar surface area (TPSA) is 23.5 Å². The Morgan fingerprint density at radius 2 is 2.08 bits per heavy atom. The Kier molecular flexibility index (Phi) is 3.20. The highest BCUT2D eigenvalue weighted by Crippen LogP contribution is 2.27. The Morgan fingerprint density at radius 1 is 1.42 bits per heavy atom. The largest absolute Gasteiger partial charge is 0.376 e. The minimum atomic E-state index is -0.0681. The van der Waals surface area contributed by atoms with Gasteiger partial charge in [-0.2, -0.15) is 0 Å². The molecule has 0 spiro atoms. The molecule has 0 aliphatic carbocycles. The molecule has 1 aromatic carbocycles. The van der Waals surface area contributed by atoms with Gasteiger partial charge in [-0.25, -0.2) is 0 Å². The number of aliphatic hydroxyl groups is 1. The van der Waals surface area contributed by atoms with Crippen LogP contribution in [0.25, 0.3) is 0 Å².